The molecule has 0 aliphatic carbocycles. The number of nitrogens with zero attached hydrogens (tertiary/aromatic N) is 4. The predicted molar refractivity (Wildman–Crippen MR) is 112 cm³/mol. The van der Waals surface area contributed by atoms with Gasteiger partial charge in [-0.15, -0.1) is 0 Å². The van der Waals surface area contributed by atoms with E-state index in [1.54, 1.807) is 30.5 Å². The fraction of sp³-hybridized carbons (Fsp3) is 0.263. The number of carbonyl (C=O) groups excluding carboxylic acids is 1. The number of rotatable bonds is 8. The molecular weight excluding hydrogens is 388 g/mol. The minimum atomic E-state index is -1.05. The topological polar surface area (TPSA) is 182 Å². The van der Waals surface area contributed by atoms with E-state index < -0.39 is 17.9 Å². The maximum absolute atomic E-state index is 12.3. The van der Waals surface area contributed by atoms with Crippen molar-refractivity contribution < 1.29 is 14.7 Å². The first-order valence-electron chi connectivity index (χ1n) is 9.29. The lowest BCUT2D eigenvalue weighted by molar-refractivity contribution is -0.139. The highest BCUT2D eigenvalue weighted by atomic mass is 16.4. The number of nitrogen functional groups attached to an aromatic ring is 2. The number of nitrogens with two attached hydrogens (primary N) is 2. The number of carboxylic acid groups (broad SMARTS) is 1. The van der Waals surface area contributed by atoms with Crippen LogP contribution in [0.1, 0.15) is 35.8 Å². The van der Waals surface area contributed by atoms with Gasteiger partial charge in [0.05, 0.1) is 18.4 Å². The van der Waals surface area contributed by atoms with Crippen molar-refractivity contribution >= 4 is 40.5 Å². The predicted octanol–water partition coefficient (Wildman–Crippen LogP) is 1.18. The number of carboxylic acids is 1. The number of aliphatic carboxylic acids is 1. The molecular formula is C19H22N8O3. The lowest BCUT2D eigenvalue weighted by Crippen LogP contribution is -2.40. The van der Waals surface area contributed by atoms with E-state index in [-0.39, 0.29) is 11.8 Å². The number of hydrogen-bond donors (Lipinski definition) is 5. The number of fused-ring (bicyclic) bond motifs is 1. The average Bonchev–Trinajstić information content (AvgIpc) is 2.72. The molecule has 1 unspecified atom stereocenters. The first-order chi connectivity index (χ1) is 14.4. The standard InChI is InChI=1S/C19H22N8O3/c1-2-3-13(18(29)30)25-17(28)10-4-6-11(7-5-10)22-8-12-9-23-16-14(24-12)15(20)26-19(21)27-16/h4-7,9,13,22H,2-3,8H2,1H3,(H,25,28)(H,29,30)(H4,20,21,23,26,27). The Labute approximate surface area is 172 Å². The Morgan fingerprint density at radius 3 is 2.53 bits per heavy atom. The molecule has 1 amide bonds. The molecule has 30 heavy (non-hydrogen) atoms. The van der Waals surface area contributed by atoms with E-state index in [9.17, 15) is 9.59 Å². The number of benzene rings is 1. The highest BCUT2D eigenvalue weighted by Crippen LogP contribution is 2.16. The molecule has 3 rings (SSSR count). The van der Waals surface area contributed by atoms with Crippen molar-refractivity contribution in [3.63, 3.8) is 0 Å². The van der Waals surface area contributed by atoms with Crippen molar-refractivity contribution in [2.24, 2.45) is 0 Å². The lowest BCUT2D eigenvalue weighted by Gasteiger charge is -2.14. The number of hydrogen-bond acceptors (Lipinski definition) is 9. The summed E-state index contributed by atoms with van der Waals surface area (Å²) >= 11 is 0. The van der Waals surface area contributed by atoms with Crippen molar-refractivity contribution in [2.45, 2.75) is 32.4 Å². The van der Waals surface area contributed by atoms with Gasteiger partial charge in [-0.05, 0) is 30.7 Å². The van der Waals surface area contributed by atoms with Gasteiger partial charge in [-0.25, -0.2) is 14.8 Å². The summed E-state index contributed by atoms with van der Waals surface area (Å²) in [7, 11) is 0. The molecule has 0 saturated heterocycles. The molecule has 11 heteroatoms. The quantitative estimate of drug-likeness (QED) is 0.361. The minimum absolute atomic E-state index is 0.0358. The van der Waals surface area contributed by atoms with E-state index in [1.165, 1.54) is 0 Å². The number of amides is 1. The Morgan fingerprint density at radius 2 is 1.87 bits per heavy atom. The molecule has 0 radical (unpaired) electrons. The van der Waals surface area contributed by atoms with Crippen LogP contribution in [0.4, 0.5) is 17.5 Å². The number of nitrogens with one attached hydrogen (secondary N) is 2. The van der Waals surface area contributed by atoms with Crippen LogP contribution in [-0.2, 0) is 11.3 Å². The zero-order chi connectivity index (χ0) is 21.7. The molecule has 11 nitrogen and oxygen atoms in total. The summed E-state index contributed by atoms with van der Waals surface area (Å²) in [6.45, 7) is 2.22. The van der Waals surface area contributed by atoms with E-state index in [4.69, 9.17) is 16.6 Å². The van der Waals surface area contributed by atoms with Crippen molar-refractivity contribution in [2.75, 3.05) is 16.8 Å². The summed E-state index contributed by atoms with van der Waals surface area (Å²) in [5.41, 5.74) is 13.8. The van der Waals surface area contributed by atoms with Crippen molar-refractivity contribution in [1.82, 2.24) is 25.3 Å². The van der Waals surface area contributed by atoms with E-state index in [0.29, 0.717) is 41.8 Å². The maximum atomic E-state index is 12.3. The summed E-state index contributed by atoms with van der Waals surface area (Å²) < 4.78 is 0. The first kappa shape index (κ1) is 20.7. The van der Waals surface area contributed by atoms with Gasteiger partial charge < -0.3 is 27.2 Å². The lowest BCUT2D eigenvalue weighted by atomic mass is 10.1. The van der Waals surface area contributed by atoms with Gasteiger partial charge in [-0.1, -0.05) is 13.3 Å². The van der Waals surface area contributed by atoms with Gasteiger partial charge in [0.2, 0.25) is 5.95 Å². The van der Waals surface area contributed by atoms with Crippen LogP contribution in [0.2, 0.25) is 0 Å². The van der Waals surface area contributed by atoms with Gasteiger partial charge in [-0.3, -0.25) is 4.79 Å². The van der Waals surface area contributed by atoms with E-state index in [2.05, 4.69) is 30.6 Å². The molecule has 1 atom stereocenters. The Kier molecular flexibility index (Phi) is 6.20. The monoisotopic (exact) mass is 410 g/mol. The Balaban J connectivity index is 1.64. The van der Waals surface area contributed by atoms with Crippen LogP contribution in [0.15, 0.2) is 30.5 Å². The van der Waals surface area contributed by atoms with Crippen LogP contribution in [0, 0.1) is 0 Å². The zero-order valence-corrected chi connectivity index (χ0v) is 16.3. The molecule has 7 N–H and O–H groups in total. The second-order valence-corrected chi connectivity index (χ2v) is 6.58. The third-order valence-electron chi connectivity index (χ3n) is 4.30. The smallest absolute Gasteiger partial charge is 0.326 e. The van der Waals surface area contributed by atoms with Gasteiger partial charge in [0.25, 0.3) is 5.91 Å². The number of anilines is 3. The van der Waals surface area contributed by atoms with Crippen LogP contribution in [0.5, 0.6) is 0 Å². The van der Waals surface area contributed by atoms with Crippen LogP contribution in [0.25, 0.3) is 11.2 Å². The molecule has 0 fully saturated rings. The van der Waals surface area contributed by atoms with Crippen LogP contribution < -0.4 is 22.1 Å². The third-order valence-corrected chi connectivity index (χ3v) is 4.30. The van der Waals surface area contributed by atoms with Crippen LogP contribution >= 0.6 is 0 Å². The SMILES string of the molecule is CCCC(NC(=O)c1ccc(NCc2cnc3nc(N)nc(N)c3n2)cc1)C(=O)O. The summed E-state index contributed by atoms with van der Waals surface area (Å²) in [4.78, 5) is 39.9. The molecule has 0 spiro atoms. The summed E-state index contributed by atoms with van der Waals surface area (Å²) in [5, 5.41) is 14.9. The first-order valence-corrected chi connectivity index (χ1v) is 9.29. The van der Waals surface area contributed by atoms with Gasteiger partial charge in [0.1, 0.15) is 6.04 Å². The number of aromatic nitrogens is 4. The van der Waals surface area contributed by atoms with Crippen molar-refractivity contribution in [1.29, 1.82) is 0 Å². The van der Waals surface area contributed by atoms with E-state index in [1.807, 2.05) is 6.92 Å². The van der Waals surface area contributed by atoms with E-state index in [0.717, 1.165) is 5.69 Å². The Bertz CT molecular complexity index is 1070. The fourth-order valence-electron chi connectivity index (χ4n) is 2.79. The molecule has 2 aromatic heterocycles. The second-order valence-electron chi connectivity index (χ2n) is 6.58. The molecule has 1 aromatic carbocycles. The van der Waals surface area contributed by atoms with Crippen LogP contribution in [0.3, 0.4) is 0 Å². The summed E-state index contributed by atoms with van der Waals surface area (Å²) in [6.07, 6.45) is 2.58. The summed E-state index contributed by atoms with van der Waals surface area (Å²) in [6, 6.07) is 5.76. The van der Waals surface area contributed by atoms with Gasteiger partial charge in [0, 0.05) is 11.3 Å². The van der Waals surface area contributed by atoms with Crippen molar-refractivity contribution in [3.05, 3.63) is 41.7 Å². The third kappa shape index (κ3) is 4.87. The summed E-state index contributed by atoms with van der Waals surface area (Å²) in [5.74, 6) is -1.29. The maximum Gasteiger partial charge on any atom is 0.326 e. The number of carbonyl (C=O) groups is 2. The Morgan fingerprint density at radius 1 is 1.13 bits per heavy atom. The minimum Gasteiger partial charge on any atom is -0.480 e. The molecule has 0 saturated carbocycles. The highest BCUT2D eigenvalue weighted by Gasteiger charge is 2.19. The van der Waals surface area contributed by atoms with E-state index >= 15 is 0 Å². The van der Waals surface area contributed by atoms with Gasteiger partial charge in [0.15, 0.2) is 17.0 Å². The van der Waals surface area contributed by atoms with Crippen molar-refractivity contribution in [3.8, 4) is 0 Å². The van der Waals surface area contributed by atoms with Gasteiger partial charge >= 0.3 is 5.97 Å². The average molecular weight is 410 g/mol. The molecule has 156 valence electrons. The largest absolute Gasteiger partial charge is 0.480 e. The zero-order valence-electron chi connectivity index (χ0n) is 16.3. The molecule has 3 aromatic rings. The molecule has 2 heterocycles. The highest BCUT2D eigenvalue weighted by molar-refractivity contribution is 5.96. The normalized spacial score (nSPS) is 11.8. The molecule has 0 aliphatic rings. The van der Waals surface area contributed by atoms with Crippen LogP contribution in [-0.4, -0.2) is 43.0 Å². The second kappa shape index (κ2) is 8.99. The fourth-order valence-corrected chi connectivity index (χ4v) is 2.79. The molecule has 0 aliphatic heterocycles. The molecule has 0 bridgehead atoms. The van der Waals surface area contributed by atoms with Gasteiger partial charge in [-0.2, -0.15) is 9.97 Å². The Hall–Kier alpha value is -4.02.